The number of urea groups is 1. The van der Waals surface area contributed by atoms with Crippen LogP contribution in [0.15, 0.2) is 42.5 Å². The molecule has 134 valence electrons. The second-order valence-electron chi connectivity index (χ2n) is 5.63. The lowest BCUT2D eigenvalue weighted by atomic mass is 10.2. The van der Waals surface area contributed by atoms with E-state index in [-0.39, 0.29) is 17.6 Å². The third-order valence-corrected chi connectivity index (χ3v) is 3.11. The number of benzene rings is 2. The number of amides is 3. The molecule has 0 saturated heterocycles. The van der Waals surface area contributed by atoms with Crippen molar-refractivity contribution < 1.29 is 19.4 Å². The van der Waals surface area contributed by atoms with Crippen molar-refractivity contribution in [3.8, 4) is 17.6 Å². The largest absolute Gasteiger partial charge is 0.465 e. The van der Waals surface area contributed by atoms with Crippen LogP contribution in [0.1, 0.15) is 19.4 Å². The number of anilines is 2. The molecule has 2 aromatic carbocycles. The maximum absolute atomic E-state index is 11.7. The van der Waals surface area contributed by atoms with Crippen molar-refractivity contribution in [2.75, 3.05) is 10.6 Å². The maximum atomic E-state index is 11.7. The van der Waals surface area contributed by atoms with E-state index in [1.165, 1.54) is 6.07 Å². The van der Waals surface area contributed by atoms with Gasteiger partial charge in [-0.05, 0) is 56.3 Å². The van der Waals surface area contributed by atoms with Crippen LogP contribution >= 0.6 is 0 Å². The quantitative estimate of drug-likeness (QED) is 0.647. The van der Waals surface area contributed by atoms with Crippen molar-refractivity contribution in [1.82, 2.24) is 5.32 Å². The normalized spacial score (nSPS) is 9.92. The third kappa shape index (κ3) is 5.42. The minimum absolute atomic E-state index is 0.00775. The lowest BCUT2D eigenvalue weighted by Crippen LogP contribution is -2.34. The van der Waals surface area contributed by atoms with E-state index in [1.54, 1.807) is 36.4 Å². The Kier molecular flexibility index (Phi) is 6.01. The molecule has 0 atom stereocenters. The molecule has 2 rings (SSSR count). The molecule has 8 nitrogen and oxygen atoms in total. The molecule has 0 heterocycles. The predicted octanol–water partition coefficient (Wildman–Crippen LogP) is 3.97. The molecule has 0 fully saturated rings. The lowest BCUT2D eigenvalue weighted by molar-refractivity contribution is 0.209. The van der Waals surface area contributed by atoms with Crippen molar-refractivity contribution in [2.45, 2.75) is 19.9 Å². The lowest BCUT2D eigenvalue weighted by Gasteiger charge is -2.12. The van der Waals surface area contributed by atoms with Crippen molar-refractivity contribution >= 4 is 23.5 Å². The number of ether oxygens (including phenoxy) is 1. The minimum Gasteiger partial charge on any atom is -0.465 e. The Hall–Kier alpha value is -3.73. The summed E-state index contributed by atoms with van der Waals surface area (Å²) in [5, 5.41) is 25.5. The van der Waals surface area contributed by atoms with Gasteiger partial charge in [-0.15, -0.1) is 0 Å². The first-order valence-corrected chi connectivity index (χ1v) is 7.77. The van der Waals surface area contributed by atoms with E-state index in [9.17, 15) is 14.9 Å². The maximum Gasteiger partial charge on any atom is 0.409 e. The van der Waals surface area contributed by atoms with E-state index in [0.717, 1.165) is 0 Å². The van der Waals surface area contributed by atoms with Crippen LogP contribution in [0.25, 0.3) is 0 Å². The topological polar surface area (TPSA) is 123 Å². The number of nitrogens with zero attached hydrogens (tertiary/aromatic N) is 1. The van der Waals surface area contributed by atoms with E-state index in [2.05, 4.69) is 16.0 Å². The molecular formula is C18H18N4O4. The number of nitrogens with one attached hydrogen (secondary N) is 3. The Morgan fingerprint density at radius 1 is 1.08 bits per heavy atom. The van der Waals surface area contributed by atoms with Gasteiger partial charge >= 0.3 is 12.1 Å². The zero-order valence-corrected chi connectivity index (χ0v) is 14.2. The SMILES string of the molecule is CC(C)NC(=O)Nc1ccc(Oc2ccc(NC(=O)O)cc2)c(C#N)c1. The van der Waals surface area contributed by atoms with Gasteiger partial charge < -0.3 is 20.5 Å². The predicted molar refractivity (Wildman–Crippen MR) is 96.6 cm³/mol. The second kappa shape index (κ2) is 8.39. The minimum atomic E-state index is -1.16. The van der Waals surface area contributed by atoms with Crippen LogP contribution in [-0.4, -0.2) is 23.3 Å². The molecule has 0 bridgehead atoms. The standard InChI is InChI=1S/C18H18N4O4/c1-11(2)20-17(23)21-14-5-8-16(12(9-14)10-19)26-15-6-3-13(4-7-15)22-18(24)25/h3-9,11,22H,1-2H3,(H,24,25)(H2,20,21,23). The van der Waals surface area contributed by atoms with Crippen molar-refractivity contribution in [3.63, 3.8) is 0 Å². The summed E-state index contributed by atoms with van der Waals surface area (Å²) in [4.78, 5) is 22.3. The zero-order valence-electron chi connectivity index (χ0n) is 14.2. The van der Waals surface area contributed by atoms with E-state index in [4.69, 9.17) is 9.84 Å². The summed E-state index contributed by atoms with van der Waals surface area (Å²) in [7, 11) is 0. The van der Waals surface area contributed by atoms with Gasteiger partial charge in [-0.2, -0.15) is 5.26 Å². The molecule has 4 N–H and O–H groups in total. The highest BCUT2D eigenvalue weighted by molar-refractivity contribution is 5.89. The van der Waals surface area contributed by atoms with Crippen LogP contribution in [0, 0.1) is 11.3 Å². The summed E-state index contributed by atoms with van der Waals surface area (Å²) in [6.45, 7) is 3.68. The fourth-order valence-electron chi connectivity index (χ4n) is 2.07. The van der Waals surface area contributed by atoms with Crippen molar-refractivity contribution in [3.05, 3.63) is 48.0 Å². The molecule has 8 heteroatoms. The van der Waals surface area contributed by atoms with E-state index in [1.807, 2.05) is 19.9 Å². The first-order chi connectivity index (χ1) is 12.4. The van der Waals surface area contributed by atoms with Gasteiger partial charge in [-0.25, -0.2) is 9.59 Å². The van der Waals surface area contributed by atoms with Gasteiger partial charge in [-0.1, -0.05) is 0 Å². The number of carbonyl (C=O) groups excluding carboxylic acids is 1. The number of nitriles is 1. The highest BCUT2D eigenvalue weighted by Gasteiger charge is 2.09. The van der Waals surface area contributed by atoms with Crippen LogP contribution in [0.2, 0.25) is 0 Å². The number of hydrogen-bond acceptors (Lipinski definition) is 4. The Labute approximate surface area is 150 Å². The van der Waals surface area contributed by atoms with Crippen LogP contribution in [0.4, 0.5) is 21.0 Å². The molecule has 0 aromatic heterocycles. The van der Waals surface area contributed by atoms with Crippen LogP contribution in [0.3, 0.4) is 0 Å². The third-order valence-electron chi connectivity index (χ3n) is 3.11. The van der Waals surface area contributed by atoms with Gasteiger partial charge in [0.15, 0.2) is 0 Å². The molecule has 0 radical (unpaired) electrons. The average molecular weight is 354 g/mol. The summed E-state index contributed by atoms with van der Waals surface area (Å²) >= 11 is 0. The summed E-state index contributed by atoms with van der Waals surface area (Å²) in [6, 6.07) is 12.6. The highest BCUT2D eigenvalue weighted by atomic mass is 16.5. The van der Waals surface area contributed by atoms with E-state index in [0.29, 0.717) is 22.9 Å². The summed E-state index contributed by atoms with van der Waals surface area (Å²) < 4.78 is 5.66. The van der Waals surface area contributed by atoms with Gasteiger partial charge in [-0.3, -0.25) is 5.32 Å². The number of carbonyl (C=O) groups is 2. The van der Waals surface area contributed by atoms with Crippen LogP contribution in [0.5, 0.6) is 11.5 Å². The Morgan fingerprint density at radius 2 is 1.73 bits per heavy atom. The average Bonchev–Trinajstić information content (AvgIpc) is 2.56. The van der Waals surface area contributed by atoms with Gasteiger partial charge in [0.1, 0.15) is 17.6 Å². The molecule has 3 amide bonds. The molecule has 0 spiro atoms. The van der Waals surface area contributed by atoms with Gasteiger partial charge in [0, 0.05) is 17.4 Å². The first kappa shape index (κ1) is 18.6. The summed E-state index contributed by atoms with van der Waals surface area (Å²) in [6.07, 6.45) is -1.16. The zero-order chi connectivity index (χ0) is 19.1. The van der Waals surface area contributed by atoms with Crippen LogP contribution < -0.4 is 20.7 Å². The molecular weight excluding hydrogens is 336 g/mol. The molecule has 26 heavy (non-hydrogen) atoms. The monoisotopic (exact) mass is 354 g/mol. The summed E-state index contributed by atoms with van der Waals surface area (Å²) in [5.74, 6) is 0.761. The van der Waals surface area contributed by atoms with E-state index >= 15 is 0 Å². The summed E-state index contributed by atoms with van der Waals surface area (Å²) in [5.41, 5.74) is 1.12. The highest BCUT2D eigenvalue weighted by Crippen LogP contribution is 2.28. The van der Waals surface area contributed by atoms with Gasteiger partial charge in [0.2, 0.25) is 0 Å². The Morgan fingerprint density at radius 3 is 2.31 bits per heavy atom. The molecule has 0 unspecified atom stereocenters. The molecule has 0 aliphatic carbocycles. The molecule has 0 saturated carbocycles. The van der Waals surface area contributed by atoms with Gasteiger partial charge in [0.05, 0.1) is 5.56 Å². The smallest absolute Gasteiger partial charge is 0.409 e. The fourth-order valence-corrected chi connectivity index (χ4v) is 2.07. The number of carboxylic acid groups (broad SMARTS) is 1. The second-order valence-corrected chi connectivity index (χ2v) is 5.63. The molecule has 2 aromatic rings. The number of rotatable bonds is 5. The Balaban J connectivity index is 2.11. The number of hydrogen-bond donors (Lipinski definition) is 4. The molecule has 0 aliphatic rings. The first-order valence-electron chi connectivity index (χ1n) is 7.77. The Bertz CT molecular complexity index is 841. The van der Waals surface area contributed by atoms with Crippen molar-refractivity contribution in [1.29, 1.82) is 5.26 Å². The molecule has 0 aliphatic heterocycles. The van der Waals surface area contributed by atoms with Crippen LogP contribution in [-0.2, 0) is 0 Å². The fraction of sp³-hybridized carbons (Fsp3) is 0.167. The van der Waals surface area contributed by atoms with Gasteiger partial charge in [0.25, 0.3) is 0 Å². The van der Waals surface area contributed by atoms with E-state index < -0.39 is 6.09 Å². The van der Waals surface area contributed by atoms with Crippen molar-refractivity contribution in [2.24, 2.45) is 0 Å².